The van der Waals surface area contributed by atoms with E-state index in [9.17, 15) is 4.79 Å². The van der Waals surface area contributed by atoms with Crippen molar-refractivity contribution >= 4 is 5.91 Å². The van der Waals surface area contributed by atoms with Gasteiger partial charge in [-0.05, 0) is 25.3 Å². The molecule has 0 aromatic heterocycles. The summed E-state index contributed by atoms with van der Waals surface area (Å²) >= 11 is 0. The van der Waals surface area contributed by atoms with Crippen molar-refractivity contribution in [3.63, 3.8) is 0 Å². The second-order valence-corrected chi connectivity index (χ2v) is 5.34. The number of likely N-dealkylation sites (tertiary alicyclic amines) is 1. The highest BCUT2D eigenvalue weighted by Gasteiger charge is 2.32. The molecule has 2 aliphatic rings. The van der Waals surface area contributed by atoms with E-state index >= 15 is 0 Å². The fourth-order valence-electron chi connectivity index (χ4n) is 2.84. The summed E-state index contributed by atoms with van der Waals surface area (Å²) in [5.41, 5.74) is 0. The van der Waals surface area contributed by atoms with E-state index in [1.165, 1.54) is 32.1 Å². The van der Waals surface area contributed by atoms with Crippen molar-refractivity contribution in [1.29, 1.82) is 0 Å². The lowest BCUT2D eigenvalue weighted by atomic mass is 9.96. The molecule has 2 rings (SSSR count). The first-order valence-corrected chi connectivity index (χ1v) is 6.78. The maximum atomic E-state index is 12.4. The Morgan fingerprint density at radius 2 is 1.69 bits per heavy atom. The Bertz CT molecular complexity index is 234. The van der Waals surface area contributed by atoms with E-state index in [2.05, 4.69) is 17.1 Å². The lowest BCUT2D eigenvalue weighted by Gasteiger charge is -2.28. The Morgan fingerprint density at radius 3 is 2.25 bits per heavy atom. The molecule has 0 spiro atoms. The van der Waals surface area contributed by atoms with Crippen LogP contribution in [0.3, 0.4) is 0 Å². The van der Waals surface area contributed by atoms with Crippen LogP contribution in [0.15, 0.2) is 0 Å². The number of nitrogens with zero attached hydrogens (tertiary/aromatic N) is 1. The second-order valence-electron chi connectivity index (χ2n) is 5.34. The number of carbonyl (C=O) groups excluding carboxylic acids is 1. The molecule has 16 heavy (non-hydrogen) atoms. The molecule has 0 radical (unpaired) electrons. The fourth-order valence-corrected chi connectivity index (χ4v) is 2.84. The Kier molecular flexibility index (Phi) is 4.22. The van der Waals surface area contributed by atoms with Gasteiger partial charge in [0.15, 0.2) is 0 Å². The van der Waals surface area contributed by atoms with Crippen LogP contribution in [0.5, 0.6) is 0 Å². The topological polar surface area (TPSA) is 32.3 Å². The van der Waals surface area contributed by atoms with Gasteiger partial charge in [0.2, 0.25) is 5.91 Å². The summed E-state index contributed by atoms with van der Waals surface area (Å²) in [7, 11) is 0. The van der Waals surface area contributed by atoms with Gasteiger partial charge in [-0.3, -0.25) is 4.79 Å². The van der Waals surface area contributed by atoms with Crippen molar-refractivity contribution in [3.05, 3.63) is 0 Å². The van der Waals surface area contributed by atoms with Crippen LogP contribution in [-0.4, -0.2) is 37.0 Å². The van der Waals surface area contributed by atoms with Crippen LogP contribution in [-0.2, 0) is 4.79 Å². The molecule has 0 saturated carbocycles. The molecule has 0 bridgehead atoms. The largest absolute Gasteiger partial charge is 0.342 e. The van der Waals surface area contributed by atoms with Crippen molar-refractivity contribution in [2.75, 3.05) is 26.2 Å². The lowest BCUT2D eigenvalue weighted by Crippen LogP contribution is -2.40. The van der Waals surface area contributed by atoms with Crippen LogP contribution in [0.4, 0.5) is 0 Å². The SMILES string of the molecule is C[C@@H]1CNC[C@H]1C(=O)N1CCCCCCC1. The summed E-state index contributed by atoms with van der Waals surface area (Å²) in [6, 6.07) is 0. The first kappa shape index (κ1) is 11.9. The van der Waals surface area contributed by atoms with Gasteiger partial charge in [0.1, 0.15) is 0 Å². The van der Waals surface area contributed by atoms with E-state index in [0.717, 1.165) is 26.2 Å². The van der Waals surface area contributed by atoms with Crippen molar-refractivity contribution < 1.29 is 4.79 Å². The highest BCUT2D eigenvalue weighted by molar-refractivity contribution is 5.79. The lowest BCUT2D eigenvalue weighted by molar-refractivity contribution is -0.136. The average Bonchev–Trinajstić information content (AvgIpc) is 2.63. The molecule has 0 aromatic rings. The normalized spacial score (nSPS) is 32.2. The first-order chi connectivity index (χ1) is 7.79. The number of hydrogen-bond donors (Lipinski definition) is 1. The molecule has 2 fully saturated rings. The summed E-state index contributed by atoms with van der Waals surface area (Å²) in [6.07, 6.45) is 6.33. The number of nitrogens with one attached hydrogen (secondary N) is 1. The van der Waals surface area contributed by atoms with Crippen LogP contribution >= 0.6 is 0 Å². The summed E-state index contributed by atoms with van der Waals surface area (Å²) in [5.74, 6) is 1.15. The smallest absolute Gasteiger partial charge is 0.227 e. The van der Waals surface area contributed by atoms with E-state index in [1.807, 2.05) is 0 Å². The monoisotopic (exact) mass is 224 g/mol. The maximum absolute atomic E-state index is 12.4. The maximum Gasteiger partial charge on any atom is 0.227 e. The van der Waals surface area contributed by atoms with E-state index in [0.29, 0.717) is 11.8 Å². The van der Waals surface area contributed by atoms with Gasteiger partial charge in [-0.25, -0.2) is 0 Å². The van der Waals surface area contributed by atoms with Crippen LogP contribution < -0.4 is 5.32 Å². The molecule has 1 N–H and O–H groups in total. The van der Waals surface area contributed by atoms with Crippen molar-refractivity contribution in [3.8, 4) is 0 Å². The molecule has 0 aromatic carbocycles. The molecule has 2 atom stereocenters. The van der Waals surface area contributed by atoms with E-state index in [4.69, 9.17) is 0 Å². The Balaban J connectivity index is 1.91. The quantitative estimate of drug-likeness (QED) is 0.734. The fraction of sp³-hybridized carbons (Fsp3) is 0.923. The van der Waals surface area contributed by atoms with Crippen molar-refractivity contribution in [1.82, 2.24) is 10.2 Å². The Hall–Kier alpha value is -0.570. The van der Waals surface area contributed by atoms with Crippen LogP contribution in [0.2, 0.25) is 0 Å². The minimum absolute atomic E-state index is 0.236. The highest BCUT2D eigenvalue weighted by Crippen LogP contribution is 2.20. The zero-order valence-electron chi connectivity index (χ0n) is 10.4. The molecule has 92 valence electrons. The summed E-state index contributed by atoms with van der Waals surface area (Å²) in [5, 5.41) is 3.32. The molecule has 0 aliphatic carbocycles. The van der Waals surface area contributed by atoms with Crippen LogP contribution in [0.1, 0.15) is 39.0 Å². The minimum atomic E-state index is 0.236. The average molecular weight is 224 g/mol. The van der Waals surface area contributed by atoms with E-state index < -0.39 is 0 Å². The van der Waals surface area contributed by atoms with Gasteiger partial charge in [-0.15, -0.1) is 0 Å². The number of amides is 1. The van der Waals surface area contributed by atoms with Crippen LogP contribution in [0.25, 0.3) is 0 Å². The van der Waals surface area contributed by atoms with Gasteiger partial charge in [0, 0.05) is 19.6 Å². The molecular formula is C13H24N2O. The third-order valence-electron chi connectivity index (χ3n) is 4.00. The molecule has 2 aliphatic heterocycles. The zero-order chi connectivity index (χ0) is 11.4. The molecular weight excluding hydrogens is 200 g/mol. The van der Waals surface area contributed by atoms with Gasteiger partial charge in [0.05, 0.1) is 5.92 Å². The predicted octanol–water partition coefficient (Wildman–Crippen LogP) is 1.63. The van der Waals surface area contributed by atoms with Gasteiger partial charge < -0.3 is 10.2 Å². The van der Waals surface area contributed by atoms with E-state index in [1.54, 1.807) is 0 Å². The summed E-state index contributed by atoms with van der Waals surface area (Å²) in [6.45, 7) is 6.05. The predicted molar refractivity (Wildman–Crippen MR) is 65.2 cm³/mol. The molecule has 2 saturated heterocycles. The molecule has 0 unspecified atom stereocenters. The number of carbonyl (C=O) groups is 1. The van der Waals surface area contributed by atoms with Gasteiger partial charge >= 0.3 is 0 Å². The Morgan fingerprint density at radius 1 is 1.06 bits per heavy atom. The standard InChI is InChI=1S/C13H24N2O/c1-11-9-14-10-12(11)13(16)15-7-5-3-2-4-6-8-15/h11-12,14H,2-10H2,1H3/t11-,12-/m1/s1. The Labute approximate surface area is 98.6 Å². The first-order valence-electron chi connectivity index (χ1n) is 6.78. The van der Waals surface area contributed by atoms with E-state index in [-0.39, 0.29) is 5.92 Å². The van der Waals surface area contributed by atoms with Crippen molar-refractivity contribution in [2.45, 2.75) is 39.0 Å². The van der Waals surface area contributed by atoms with Gasteiger partial charge in [-0.1, -0.05) is 26.2 Å². The van der Waals surface area contributed by atoms with Crippen LogP contribution in [0, 0.1) is 11.8 Å². The highest BCUT2D eigenvalue weighted by atomic mass is 16.2. The van der Waals surface area contributed by atoms with Gasteiger partial charge in [0.25, 0.3) is 0 Å². The summed E-state index contributed by atoms with van der Waals surface area (Å²) in [4.78, 5) is 14.5. The second kappa shape index (κ2) is 5.67. The number of rotatable bonds is 1. The molecule has 2 heterocycles. The molecule has 3 nitrogen and oxygen atoms in total. The van der Waals surface area contributed by atoms with Crippen molar-refractivity contribution in [2.24, 2.45) is 11.8 Å². The third kappa shape index (κ3) is 2.76. The molecule has 1 amide bonds. The third-order valence-corrected chi connectivity index (χ3v) is 4.00. The molecule has 3 heteroatoms. The summed E-state index contributed by atoms with van der Waals surface area (Å²) < 4.78 is 0. The number of hydrogen-bond acceptors (Lipinski definition) is 2. The van der Waals surface area contributed by atoms with Gasteiger partial charge in [-0.2, -0.15) is 0 Å². The zero-order valence-corrected chi connectivity index (χ0v) is 10.4. The minimum Gasteiger partial charge on any atom is -0.342 e.